The molecule has 5 nitrogen and oxygen atoms in total. The Kier molecular flexibility index (Phi) is 10.9. The highest BCUT2D eigenvalue weighted by molar-refractivity contribution is 6.32. The average Bonchev–Trinajstić information content (AvgIpc) is 1.65. The van der Waals surface area contributed by atoms with E-state index in [-0.39, 0.29) is 5.57 Å². The second kappa shape index (κ2) is 19.1. The zero-order valence-corrected chi connectivity index (χ0v) is 44.5. The van der Waals surface area contributed by atoms with Gasteiger partial charge in [-0.3, -0.25) is 0 Å². The fourth-order valence-corrected chi connectivity index (χ4v) is 12.8. The Morgan fingerprint density at radius 1 is 0.277 bits per heavy atom. The molecule has 0 saturated carbocycles. The van der Waals surface area contributed by atoms with Gasteiger partial charge in [0.25, 0.3) is 0 Å². The smallest absolute Gasteiger partial charge is 0.136 e. The third-order valence-corrected chi connectivity index (χ3v) is 16.6. The SMILES string of the molecule is N#CC(C#N)=Cc1cc(-c2ccccc2)c2ccc3ccc(-c4ccccc4)c4ccc1c2c34.c1ccc(-c2cc(-c3cc4ccccc4o3)c3ccc4c(-c5cc6ccccc6o5)cc(-c5cc6ccccc6o5)c5ccc2c3c54)cc1. The average molecular weight is 1060 g/mol. The van der Waals surface area contributed by atoms with E-state index in [1.165, 1.54) is 43.4 Å². The largest absolute Gasteiger partial charge is 0.456 e. The van der Waals surface area contributed by atoms with Gasteiger partial charge in [0.05, 0.1) is 0 Å². The first-order valence-electron chi connectivity index (χ1n) is 27.7. The summed E-state index contributed by atoms with van der Waals surface area (Å²) in [5.74, 6) is 2.51. The molecule has 83 heavy (non-hydrogen) atoms. The first-order chi connectivity index (χ1) is 41.0. The molecule has 0 bridgehead atoms. The van der Waals surface area contributed by atoms with Gasteiger partial charge >= 0.3 is 0 Å². The van der Waals surface area contributed by atoms with Crippen LogP contribution in [0.1, 0.15) is 5.56 Å². The maximum Gasteiger partial charge on any atom is 0.136 e. The van der Waals surface area contributed by atoms with Crippen molar-refractivity contribution in [1.29, 1.82) is 10.5 Å². The number of rotatable bonds is 7. The summed E-state index contributed by atoms with van der Waals surface area (Å²) in [5, 5.41) is 36.0. The summed E-state index contributed by atoms with van der Waals surface area (Å²) >= 11 is 0. The van der Waals surface area contributed by atoms with Gasteiger partial charge in [0.2, 0.25) is 0 Å². The quantitative estimate of drug-likeness (QED) is 0.117. The van der Waals surface area contributed by atoms with Crippen molar-refractivity contribution < 1.29 is 13.3 Å². The highest BCUT2D eigenvalue weighted by atomic mass is 16.3. The van der Waals surface area contributed by atoms with Crippen molar-refractivity contribution in [1.82, 2.24) is 0 Å². The minimum Gasteiger partial charge on any atom is -0.456 e. The fourth-order valence-electron chi connectivity index (χ4n) is 12.8. The molecule has 0 spiro atoms. The lowest BCUT2D eigenvalue weighted by Gasteiger charge is -2.19. The topological polar surface area (TPSA) is 87.0 Å². The van der Waals surface area contributed by atoms with Gasteiger partial charge in [-0.05, 0) is 164 Å². The van der Waals surface area contributed by atoms with E-state index in [9.17, 15) is 10.5 Å². The number of benzene rings is 14. The second-order valence-electron chi connectivity index (χ2n) is 21.2. The zero-order chi connectivity index (χ0) is 55.1. The van der Waals surface area contributed by atoms with Crippen LogP contribution < -0.4 is 0 Å². The Balaban J connectivity index is 0.000000146. The molecular weight excluding hydrogens is 1010 g/mol. The number of nitrogens with zero attached hydrogens (tertiary/aromatic N) is 2. The van der Waals surface area contributed by atoms with Crippen molar-refractivity contribution >= 4 is 104 Å². The fraction of sp³-hybridized carbons (Fsp3) is 0. The Morgan fingerprint density at radius 3 is 1.06 bits per heavy atom. The summed E-state index contributed by atoms with van der Waals surface area (Å²) < 4.78 is 19.7. The van der Waals surface area contributed by atoms with E-state index < -0.39 is 0 Å². The van der Waals surface area contributed by atoms with Crippen LogP contribution in [0.3, 0.4) is 0 Å². The molecule has 3 heterocycles. The van der Waals surface area contributed by atoms with E-state index >= 15 is 0 Å². The van der Waals surface area contributed by atoms with Crippen molar-refractivity contribution in [2.24, 2.45) is 0 Å². The lowest BCUT2D eigenvalue weighted by molar-refractivity contribution is 0.630. The van der Waals surface area contributed by atoms with E-state index in [2.05, 4.69) is 200 Å². The van der Waals surface area contributed by atoms with Crippen LogP contribution in [-0.2, 0) is 0 Å². The van der Waals surface area contributed by atoms with Gasteiger partial charge in [-0.15, -0.1) is 0 Å². The Morgan fingerprint density at radius 2 is 0.614 bits per heavy atom. The van der Waals surface area contributed by atoms with Crippen LogP contribution >= 0.6 is 0 Å². The summed E-state index contributed by atoms with van der Waals surface area (Å²) in [7, 11) is 0. The second-order valence-corrected chi connectivity index (χ2v) is 21.2. The molecule has 384 valence electrons. The summed E-state index contributed by atoms with van der Waals surface area (Å²) in [6.45, 7) is 0. The molecule has 0 amide bonds. The molecule has 5 heteroatoms. The minimum atomic E-state index is 0.0963. The zero-order valence-electron chi connectivity index (χ0n) is 44.5. The summed E-state index contributed by atoms with van der Waals surface area (Å²) in [5.41, 5.74) is 13.6. The third kappa shape index (κ3) is 7.76. The first kappa shape index (κ1) is 47.5. The third-order valence-electron chi connectivity index (χ3n) is 16.6. The molecule has 14 aromatic carbocycles. The molecule has 0 aliphatic carbocycles. The predicted molar refractivity (Wildman–Crippen MR) is 341 cm³/mol. The monoisotopic (exact) mass is 1060 g/mol. The number of hydrogen-bond donors (Lipinski definition) is 0. The maximum atomic E-state index is 9.44. The number of nitriles is 2. The van der Waals surface area contributed by atoms with Crippen LogP contribution in [-0.4, -0.2) is 0 Å². The predicted octanol–water partition coefficient (Wildman–Crippen LogP) is 21.8. The van der Waals surface area contributed by atoms with Gasteiger partial charge < -0.3 is 13.3 Å². The maximum absolute atomic E-state index is 9.44. The summed E-state index contributed by atoms with van der Waals surface area (Å²) in [6, 6.07) is 95.3. The molecule has 0 atom stereocenters. The Hall–Kier alpha value is -11.5. The number of hydrogen-bond acceptors (Lipinski definition) is 5. The summed E-state index contributed by atoms with van der Waals surface area (Å²) in [4.78, 5) is 0. The van der Waals surface area contributed by atoms with Crippen LogP contribution in [0, 0.1) is 22.7 Å². The number of para-hydroxylation sites is 3. The standard InChI is InChI=1S/C46H26O3.C32H18N2/c1-2-10-27(11-3-1)35-25-36(42-22-28-12-4-7-15-39(28)47-42)32-20-21-34-38(44-24-30-14-6-9-17-41(30)49-44)26-37(33-19-18-31(35)45(32)46(33)34)43-23-29-13-5-8-16-40(29)48-43;33-19-21(20-34)17-25-18-30(23-9-5-2-6-10-23)29-14-12-24-11-13-26(22-7-3-1-4-8-22)28-16-15-27(25)32(29)31(24)28/h1-26H;1-18H. The lowest BCUT2D eigenvalue weighted by atomic mass is 9.84. The van der Waals surface area contributed by atoms with Gasteiger partial charge in [0.1, 0.15) is 51.7 Å². The van der Waals surface area contributed by atoms with Crippen molar-refractivity contribution in [2.45, 2.75) is 0 Å². The number of fused-ring (bicyclic) bond motifs is 3. The van der Waals surface area contributed by atoms with Crippen LogP contribution in [0.25, 0.3) is 171 Å². The molecule has 17 rings (SSSR count). The van der Waals surface area contributed by atoms with E-state index in [0.717, 1.165) is 127 Å². The number of allylic oxidation sites excluding steroid dienone is 1. The number of furan rings is 3. The molecular formula is C78H44N2O3. The van der Waals surface area contributed by atoms with Gasteiger partial charge in [-0.2, -0.15) is 10.5 Å². The van der Waals surface area contributed by atoms with Crippen molar-refractivity contribution in [3.8, 4) is 79.5 Å². The molecule has 0 N–H and O–H groups in total. The van der Waals surface area contributed by atoms with Crippen LogP contribution in [0.15, 0.2) is 280 Å². The highest BCUT2D eigenvalue weighted by Crippen LogP contribution is 2.50. The van der Waals surface area contributed by atoms with Gasteiger partial charge in [0, 0.05) is 32.8 Å². The molecule has 3 aromatic heterocycles. The van der Waals surface area contributed by atoms with E-state index in [1.807, 2.05) is 72.8 Å². The lowest BCUT2D eigenvalue weighted by Crippen LogP contribution is -1.93. The van der Waals surface area contributed by atoms with E-state index in [0.29, 0.717) is 0 Å². The van der Waals surface area contributed by atoms with Crippen LogP contribution in [0.5, 0.6) is 0 Å². The highest BCUT2D eigenvalue weighted by Gasteiger charge is 2.25. The van der Waals surface area contributed by atoms with Crippen molar-refractivity contribution in [2.75, 3.05) is 0 Å². The molecule has 0 aliphatic heterocycles. The van der Waals surface area contributed by atoms with E-state index in [1.54, 1.807) is 6.08 Å². The molecule has 17 aromatic rings. The molecule has 0 saturated heterocycles. The molecule has 0 radical (unpaired) electrons. The Labute approximate surface area is 476 Å². The minimum absolute atomic E-state index is 0.0963. The molecule has 0 fully saturated rings. The van der Waals surface area contributed by atoms with Crippen LogP contribution in [0.4, 0.5) is 0 Å². The Bertz CT molecular complexity index is 5310. The van der Waals surface area contributed by atoms with Gasteiger partial charge in [0.15, 0.2) is 0 Å². The van der Waals surface area contributed by atoms with E-state index in [4.69, 9.17) is 13.3 Å². The van der Waals surface area contributed by atoms with Gasteiger partial charge in [-0.25, -0.2) is 0 Å². The molecule has 0 unspecified atom stereocenters. The van der Waals surface area contributed by atoms with Crippen LogP contribution in [0.2, 0.25) is 0 Å². The summed E-state index contributed by atoms with van der Waals surface area (Å²) in [6.07, 6.45) is 1.70. The normalized spacial score (nSPS) is 11.6. The van der Waals surface area contributed by atoms with Crippen molar-refractivity contribution in [3.63, 3.8) is 0 Å². The van der Waals surface area contributed by atoms with Gasteiger partial charge in [-0.1, -0.05) is 206 Å². The van der Waals surface area contributed by atoms with Crippen molar-refractivity contribution in [3.05, 3.63) is 272 Å². The molecule has 0 aliphatic rings. The first-order valence-corrected chi connectivity index (χ1v) is 27.7.